The maximum atomic E-state index is 13.7. The van der Waals surface area contributed by atoms with Crippen LogP contribution in [0.25, 0.3) is 33.5 Å². The van der Waals surface area contributed by atoms with Gasteiger partial charge in [0, 0.05) is 43.2 Å². The van der Waals surface area contributed by atoms with Crippen molar-refractivity contribution in [3.63, 3.8) is 0 Å². The number of para-hydroxylation sites is 1. The van der Waals surface area contributed by atoms with Crippen LogP contribution in [0.4, 0.5) is 0 Å². The van der Waals surface area contributed by atoms with Crippen LogP contribution in [-0.4, -0.2) is 61.9 Å². The lowest BCUT2D eigenvalue weighted by Crippen LogP contribution is -2.41. The molecule has 4 fully saturated rings. The van der Waals surface area contributed by atoms with Gasteiger partial charge in [0.25, 0.3) is 5.91 Å². The average molecular weight is 540 g/mol. The third kappa shape index (κ3) is 3.58. The quantitative estimate of drug-likeness (QED) is 0.378. The first-order valence-corrected chi connectivity index (χ1v) is 14.8. The van der Waals surface area contributed by atoms with Gasteiger partial charge in [0.1, 0.15) is 11.3 Å². The third-order valence-electron chi connectivity index (χ3n) is 10.2. The number of amides is 1. The lowest BCUT2D eigenvalue weighted by atomic mass is 9.77. The van der Waals surface area contributed by atoms with E-state index in [1.807, 2.05) is 24.1 Å². The summed E-state index contributed by atoms with van der Waals surface area (Å²) in [5, 5.41) is 11.2. The molecule has 0 spiro atoms. The van der Waals surface area contributed by atoms with Crippen molar-refractivity contribution in [1.29, 1.82) is 0 Å². The molecule has 4 aromatic rings. The molecular formula is C32H37N5O3. The highest BCUT2D eigenvalue weighted by Gasteiger charge is 2.47. The predicted octanol–water partition coefficient (Wildman–Crippen LogP) is 4.41. The highest BCUT2D eigenvalue weighted by atomic mass is 16.5. The number of nitrogens with zero attached hydrogens (tertiary/aromatic N) is 4. The lowest BCUT2D eigenvalue weighted by molar-refractivity contribution is 0.0700. The molecule has 208 valence electrons. The molecule has 0 unspecified atom stereocenters. The van der Waals surface area contributed by atoms with Crippen LogP contribution >= 0.6 is 0 Å². The van der Waals surface area contributed by atoms with Crippen LogP contribution in [0.2, 0.25) is 0 Å². The van der Waals surface area contributed by atoms with Crippen LogP contribution < -0.4 is 10.5 Å². The highest BCUT2D eigenvalue weighted by molar-refractivity contribution is 6.00. The number of aryl methyl sites for hydroxylation is 1. The van der Waals surface area contributed by atoms with Crippen molar-refractivity contribution in [3.05, 3.63) is 47.5 Å². The molecule has 2 bridgehead atoms. The Bertz CT molecular complexity index is 1660. The van der Waals surface area contributed by atoms with Crippen molar-refractivity contribution in [3.8, 4) is 17.3 Å². The van der Waals surface area contributed by atoms with Crippen LogP contribution in [0.1, 0.15) is 60.4 Å². The Morgan fingerprint density at radius 2 is 1.95 bits per heavy atom. The molecule has 2 aromatic carbocycles. The van der Waals surface area contributed by atoms with Crippen LogP contribution in [0, 0.1) is 11.8 Å². The van der Waals surface area contributed by atoms with Gasteiger partial charge in [-0.2, -0.15) is 0 Å². The van der Waals surface area contributed by atoms with Gasteiger partial charge < -0.3 is 29.6 Å². The number of ether oxygens (including phenoxy) is 1. The van der Waals surface area contributed by atoms with E-state index >= 15 is 0 Å². The first kappa shape index (κ1) is 24.4. The molecule has 1 amide bonds. The first-order chi connectivity index (χ1) is 19.4. The normalized spacial score (nSPS) is 27.6. The standard InChI is InChI=1S/C32H37N5O3/c1-35-30-24(12-21(14-27(30)40-2)32(39)37-16-19-8-9-25(37)28(19)33)34-31(35)26-13-18-4-3-5-23(20-10-22(38)11-20)29(18)36(26)15-17-6-7-17/h3-5,12-14,17,19-20,22,25,28,38H,6-11,15-16,33H2,1-2H3/t19-,20-,22-,25-,28-/m1/s1. The van der Waals surface area contributed by atoms with Crippen molar-refractivity contribution < 1.29 is 14.6 Å². The summed E-state index contributed by atoms with van der Waals surface area (Å²) in [6, 6.07) is 12.8. The maximum absolute atomic E-state index is 13.7. The number of likely N-dealkylation sites (tertiary alicyclic amines) is 1. The Kier molecular flexibility index (Phi) is 5.39. The molecule has 8 heteroatoms. The first-order valence-electron chi connectivity index (χ1n) is 14.8. The zero-order valence-corrected chi connectivity index (χ0v) is 23.2. The van der Waals surface area contributed by atoms with Gasteiger partial charge in [-0.1, -0.05) is 18.2 Å². The van der Waals surface area contributed by atoms with E-state index < -0.39 is 0 Å². The highest BCUT2D eigenvalue weighted by Crippen LogP contribution is 2.44. The van der Waals surface area contributed by atoms with Crippen molar-refractivity contribution in [1.82, 2.24) is 19.0 Å². The Labute approximate surface area is 233 Å². The number of fused-ring (bicyclic) bond motifs is 4. The number of hydrogen-bond acceptors (Lipinski definition) is 5. The van der Waals surface area contributed by atoms with Gasteiger partial charge in [0.2, 0.25) is 0 Å². The van der Waals surface area contributed by atoms with Crippen molar-refractivity contribution in [2.45, 2.75) is 69.2 Å². The molecule has 3 aliphatic carbocycles. The topological polar surface area (TPSA) is 98.5 Å². The molecule has 1 aliphatic heterocycles. The molecular weight excluding hydrogens is 502 g/mol. The van der Waals surface area contributed by atoms with Gasteiger partial charge in [-0.25, -0.2) is 4.98 Å². The van der Waals surface area contributed by atoms with Crippen LogP contribution in [-0.2, 0) is 13.6 Å². The number of aliphatic hydroxyl groups is 1. The Hall–Kier alpha value is -3.36. The lowest BCUT2D eigenvalue weighted by Gasteiger charge is -2.32. The monoisotopic (exact) mass is 539 g/mol. The van der Waals surface area contributed by atoms with Crippen molar-refractivity contribution in [2.24, 2.45) is 24.6 Å². The minimum absolute atomic E-state index is 0.0187. The zero-order valence-electron chi connectivity index (χ0n) is 23.2. The molecule has 3 atom stereocenters. The predicted molar refractivity (Wildman–Crippen MR) is 154 cm³/mol. The van der Waals surface area contributed by atoms with E-state index in [0.29, 0.717) is 29.1 Å². The van der Waals surface area contributed by atoms with Gasteiger partial charge in [-0.3, -0.25) is 4.79 Å². The number of methoxy groups -OCH3 is 1. The van der Waals surface area contributed by atoms with Gasteiger partial charge in [0.05, 0.1) is 29.9 Å². The number of piperidine rings is 1. The summed E-state index contributed by atoms with van der Waals surface area (Å²) in [4.78, 5) is 20.8. The van der Waals surface area contributed by atoms with Crippen LogP contribution in [0.15, 0.2) is 36.4 Å². The van der Waals surface area contributed by atoms with E-state index in [0.717, 1.165) is 61.3 Å². The number of carbonyl (C=O) groups excluding carboxylic acids is 1. The van der Waals surface area contributed by atoms with Gasteiger partial charge in [-0.15, -0.1) is 0 Å². The fourth-order valence-corrected chi connectivity index (χ4v) is 7.73. The SMILES string of the molecule is COc1cc(C(=O)N2C[C@H]3CC[C@@H]2[C@@H]3N)cc2nc(-c3cc4cccc([C@H]5C[C@H](O)C5)c4n3CC3CC3)n(C)c12. The summed E-state index contributed by atoms with van der Waals surface area (Å²) in [5.74, 6) is 3.03. The van der Waals surface area contributed by atoms with E-state index in [1.54, 1.807) is 7.11 Å². The number of hydrogen-bond donors (Lipinski definition) is 2. The Morgan fingerprint density at radius 3 is 2.62 bits per heavy atom. The zero-order chi connectivity index (χ0) is 27.3. The second-order valence-electron chi connectivity index (χ2n) is 12.7. The summed E-state index contributed by atoms with van der Waals surface area (Å²) in [7, 11) is 3.70. The Morgan fingerprint density at radius 1 is 1.12 bits per heavy atom. The second kappa shape index (κ2) is 8.82. The van der Waals surface area contributed by atoms with Crippen molar-refractivity contribution >= 4 is 27.8 Å². The van der Waals surface area contributed by atoms with E-state index in [4.69, 9.17) is 15.5 Å². The molecule has 3 heterocycles. The molecule has 0 radical (unpaired) electrons. The maximum Gasteiger partial charge on any atom is 0.254 e. The average Bonchev–Trinajstić information content (AvgIpc) is 3.33. The smallest absolute Gasteiger partial charge is 0.254 e. The summed E-state index contributed by atoms with van der Waals surface area (Å²) in [6.07, 6.45) is 6.07. The van der Waals surface area contributed by atoms with Crippen LogP contribution in [0.5, 0.6) is 5.75 Å². The number of benzene rings is 2. The van der Waals surface area contributed by atoms with Gasteiger partial charge in [-0.05, 0) is 80.0 Å². The summed E-state index contributed by atoms with van der Waals surface area (Å²) in [6.45, 7) is 1.70. The molecule has 3 saturated carbocycles. The number of aromatic nitrogens is 3. The van der Waals surface area contributed by atoms with E-state index in [-0.39, 0.29) is 24.1 Å². The van der Waals surface area contributed by atoms with Gasteiger partial charge >= 0.3 is 0 Å². The minimum atomic E-state index is -0.192. The van der Waals surface area contributed by atoms with E-state index in [2.05, 4.69) is 33.4 Å². The molecule has 8 nitrogen and oxygen atoms in total. The molecule has 2 aromatic heterocycles. The van der Waals surface area contributed by atoms with Crippen LogP contribution in [0.3, 0.4) is 0 Å². The van der Waals surface area contributed by atoms with E-state index in [1.165, 1.54) is 29.3 Å². The largest absolute Gasteiger partial charge is 0.494 e. The van der Waals surface area contributed by atoms with E-state index in [9.17, 15) is 9.90 Å². The number of rotatable bonds is 6. The third-order valence-corrected chi connectivity index (χ3v) is 10.2. The number of nitrogens with two attached hydrogens (primary N) is 1. The molecule has 4 aliphatic rings. The number of aliphatic hydroxyl groups excluding tert-OH is 1. The second-order valence-corrected chi connectivity index (χ2v) is 12.7. The molecule has 40 heavy (non-hydrogen) atoms. The minimum Gasteiger partial charge on any atom is -0.494 e. The fourth-order valence-electron chi connectivity index (χ4n) is 7.73. The fraction of sp³-hybridized carbons (Fsp3) is 0.500. The Balaban J connectivity index is 1.25. The molecule has 8 rings (SSSR count). The summed E-state index contributed by atoms with van der Waals surface area (Å²) in [5.41, 5.74) is 12.4. The summed E-state index contributed by atoms with van der Waals surface area (Å²) < 4.78 is 10.4. The molecule has 1 saturated heterocycles. The molecule has 3 N–H and O–H groups in total. The van der Waals surface area contributed by atoms with Crippen molar-refractivity contribution in [2.75, 3.05) is 13.7 Å². The van der Waals surface area contributed by atoms with Gasteiger partial charge in [0.15, 0.2) is 5.82 Å². The number of carbonyl (C=O) groups is 1. The summed E-state index contributed by atoms with van der Waals surface area (Å²) >= 11 is 0. The number of imidazole rings is 1.